The maximum atomic E-state index is 13.2. The molecule has 3 aromatic rings. The fourth-order valence-electron chi connectivity index (χ4n) is 1.92. The van der Waals surface area contributed by atoms with Gasteiger partial charge >= 0.3 is 0 Å². The molecule has 116 valence electrons. The molecule has 1 N–H and O–H groups in total. The van der Waals surface area contributed by atoms with E-state index in [0.717, 1.165) is 0 Å². The number of hydrogen-bond donors (Lipinski definition) is 1. The second-order valence-electron chi connectivity index (χ2n) is 4.83. The van der Waals surface area contributed by atoms with Crippen LogP contribution in [-0.2, 0) is 0 Å². The van der Waals surface area contributed by atoms with E-state index in [9.17, 15) is 9.18 Å². The third kappa shape index (κ3) is 3.73. The number of carbonyl (C=O) groups excluding carboxylic acids is 1. The van der Waals surface area contributed by atoms with Crippen LogP contribution in [0.25, 0.3) is 0 Å². The Morgan fingerprint density at radius 1 is 1.26 bits per heavy atom. The molecule has 0 aliphatic heterocycles. The molecule has 0 unspecified atom stereocenters. The number of nitrogens with one attached hydrogen (secondary N) is 1. The molecule has 0 aliphatic carbocycles. The topological polar surface area (TPSA) is 51.2 Å². The van der Waals surface area contributed by atoms with Crippen molar-refractivity contribution < 1.29 is 13.9 Å². The first kappa shape index (κ1) is 15.2. The van der Waals surface area contributed by atoms with E-state index >= 15 is 0 Å². The molecule has 0 saturated heterocycles. The van der Waals surface area contributed by atoms with Gasteiger partial charge in [-0.2, -0.15) is 0 Å². The summed E-state index contributed by atoms with van der Waals surface area (Å²) < 4.78 is 18.8. The molecule has 1 aromatic carbocycles. The highest BCUT2D eigenvalue weighted by atomic mass is 32.1. The fourth-order valence-corrected chi connectivity index (χ4v) is 2.54. The third-order valence-electron chi connectivity index (χ3n) is 3.09. The minimum Gasteiger partial charge on any atom is -0.439 e. The summed E-state index contributed by atoms with van der Waals surface area (Å²) in [5, 5.41) is 4.60. The van der Waals surface area contributed by atoms with Gasteiger partial charge in [-0.3, -0.25) is 4.79 Å². The SMILES string of the molecule is Cc1cc(Oc2ccc(NC(=O)c3cccs3)cn2)ccc1F. The maximum absolute atomic E-state index is 13.2. The minimum atomic E-state index is -0.281. The number of aromatic nitrogens is 1. The van der Waals surface area contributed by atoms with Crippen molar-refractivity contribution in [3.63, 3.8) is 0 Å². The molecular weight excluding hydrogens is 315 g/mol. The van der Waals surface area contributed by atoms with Gasteiger partial charge in [0.05, 0.1) is 16.8 Å². The van der Waals surface area contributed by atoms with E-state index in [1.807, 2.05) is 11.4 Å². The zero-order chi connectivity index (χ0) is 16.2. The van der Waals surface area contributed by atoms with Crippen LogP contribution in [0.15, 0.2) is 54.0 Å². The van der Waals surface area contributed by atoms with Gasteiger partial charge in [0, 0.05) is 6.07 Å². The first-order valence-electron chi connectivity index (χ1n) is 6.87. The van der Waals surface area contributed by atoms with Crippen LogP contribution in [0.3, 0.4) is 0 Å². The highest BCUT2D eigenvalue weighted by Gasteiger charge is 2.07. The lowest BCUT2D eigenvalue weighted by molar-refractivity contribution is 0.103. The number of benzene rings is 1. The van der Waals surface area contributed by atoms with Crippen LogP contribution in [0.4, 0.5) is 10.1 Å². The van der Waals surface area contributed by atoms with E-state index in [-0.39, 0.29) is 11.7 Å². The number of thiophene rings is 1. The van der Waals surface area contributed by atoms with Gasteiger partial charge < -0.3 is 10.1 Å². The first-order valence-corrected chi connectivity index (χ1v) is 7.75. The quantitative estimate of drug-likeness (QED) is 0.759. The molecule has 0 saturated carbocycles. The summed E-state index contributed by atoms with van der Waals surface area (Å²) >= 11 is 1.37. The van der Waals surface area contributed by atoms with Crippen molar-refractivity contribution in [2.24, 2.45) is 0 Å². The third-order valence-corrected chi connectivity index (χ3v) is 3.96. The zero-order valence-corrected chi connectivity index (χ0v) is 13.1. The number of aryl methyl sites for hydroxylation is 1. The molecule has 2 heterocycles. The summed E-state index contributed by atoms with van der Waals surface area (Å²) in [4.78, 5) is 16.7. The Labute approximate surface area is 136 Å². The Morgan fingerprint density at radius 2 is 2.13 bits per heavy atom. The molecule has 0 spiro atoms. The normalized spacial score (nSPS) is 10.3. The molecule has 4 nitrogen and oxygen atoms in total. The largest absolute Gasteiger partial charge is 0.439 e. The van der Waals surface area contributed by atoms with Crippen LogP contribution in [0, 0.1) is 12.7 Å². The number of carbonyl (C=O) groups is 1. The van der Waals surface area contributed by atoms with Crippen LogP contribution in [0.2, 0.25) is 0 Å². The number of ether oxygens (including phenoxy) is 1. The van der Waals surface area contributed by atoms with Crippen molar-refractivity contribution in [1.82, 2.24) is 4.98 Å². The van der Waals surface area contributed by atoms with E-state index in [4.69, 9.17) is 4.74 Å². The second kappa shape index (κ2) is 6.58. The number of amides is 1. The van der Waals surface area contributed by atoms with Crippen molar-refractivity contribution in [2.45, 2.75) is 6.92 Å². The van der Waals surface area contributed by atoms with Crippen LogP contribution >= 0.6 is 11.3 Å². The molecule has 6 heteroatoms. The van der Waals surface area contributed by atoms with Gasteiger partial charge in [0.25, 0.3) is 5.91 Å². The van der Waals surface area contributed by atoms with E-state index in [1.54, 1.807) is 31.2 Å². The highest BCUT2D eigenvalue weighted by Crippen LogP contribution is 2.23. The average molecular weight is 328 g/mol. The number of pyridine rings is 1. The fraction of sp³-hybridized carbons (Fsp3) is 0.0588. The predicted octanol–water partition coefficient (Wildman–Crippen LogP) is 4.64. The van der Waals surface area contributed by atoms with E-state index in [1.165, 1.54) is 29.7 Å². The van der Waals surface area contributed by atoms with Crippen LogP contribution < -0.4 is 10.1 Å². The lowest BCUT2D eigenvalue weighted by atomic mass is 10.2. The molecule has 3 rings (SSSR count). The summed E-state index contributed by atoms with van der Waals surface area (Å²) in [7, 11) is 0. The van der Waals surface area contributed by atoms with Gasteiger partial charge in [-0.05, 0) is 48.2 Å². The van der Waals surface area contributed by atoms with Crippen LogP contribution in [-0.4, -0.2) is 10.9 Å². The summed E-state index contributed by atoms with van der Waals surface area (Å²) in [6.45, 7) is 1.67. The summed E-state index contributed by atoms with van der Waals surface area (Å²) in [5.74, 6) is 0.415. The summed E-state index contributed by atoms with van der Waals surface area (Å²) in [6.07, 6.45) is 1.51. The van der Waals surface area contributed by atoms with E-state index in [2.05, 4.69) is 10.3 Å². The predicted molar refractivity (Wildman–Crippen MR) is 87.7 cm³/mol. The van der Waals surface area contributed by atoms with Gasteiger partial charge in [0.1, 0.15) is 11.6 Å². The maximum Gasteiger partial charge on any atom is 0.265 e. The standard InChI is InChI=1S/C17H13FN2O2S/c1-11-9-13(5-6-14(11)18)22-16-7-4-12(10-19-16)20-17(21)15-3-2-8-23-15/h2-10H,1H3,(H,20,21). The molecule has 2 aromatic heterocycles. The summed E-state index contributed by atoms with van der Waals surface area (Å²) in [5.41, 5.74) is 1.08. The van der Waals surface area contributed by atoms with Crippen LogP contribution in [0.5, 0.6) is 11.6 Å². The Bertz CT molecular complexity index is 817. The molecule has 0 atom stereocenters. The number of anilines is 1. The van der Waals surface area contributed by atoms with Crippen molar-refractivity contribution in [3.05, 3.63) is 70.3 Å². The Kier molecular flexibility index (Phi) is 4.34. The number of nitrogens with zero attached hydrogens (tertiary/aromatic N) is 1. The van der Waals surface area contributed by atoms with E-state index < -0.39 is 0 Å². The minimum absolute atomic E-state index is 0.176. The summed E-state index contributed by atoms with van der Waals surface area (Å²) in [6, 6.07) is 11.4. The Balaban J connectivity index is 1.67. The molecular formula is C17H13FN2O2S. The average Bonchev–Trinajstić information content (AvgIpc) is 3.07. The monoisotopic (exact) mass is 328 g/mol. The molecule has 0 radical (unpaired) electrons. The first-order chi connectivity index (χ1) is 11.1. The number of hydrogen-bond acceptors (Lipinski definition) is 4. The number of rotatable bonds is 4. The van der Waals surface area contributed by atoms with Gasteiger partial charge in [0.2, 0.25) is 5.88 Å². The lowest BCUT2D eigenvalue weighted by Gasteiger charge is -2.07. The van der Waals surface area contributed by atoms with Crippen LogP contribution in [0.1, 0.15) is 15.2 Å². The van der Waals surface area contributed by atoms with Gasteiger partial charge in [-0.1, -0.05) is 6.07 Å². The molecule has 23 heavy (non-hydrogen) atoms. The van der Waals surface area contributed by atoms with Gasteiger partial charge in [-0.15, -0.1) is 11.3 Å². The smallest absolute Gasteiger partial charge is 0.265 e. The highest BCUT2D eigenvalue weighted by molar-refractivity contribution is 7.12. The number of halogens is 1. The molecule has 0 fully saturated rings. The van der Waals surface area contributed by atoms with Crippen molar-refractivity contribution >= 4 is 22.9 Å². The van der Waals surface area contributed by atoms with Gasteiger partial charge in [0.15, 0.2) is 0 Å². The second-order valence-corrected chi connectivity index (χ2v) is 5.78. The zero-order valence-electron chi connectivity index (χ0n) is 12.2. The van der Waals surface area contributed by atoms with E-state index in [0.29, 0.717) is 27.8 Å². The Morgan fingerprint density at radius 3 is 2.78 bits per heavy atom. The molecule has 0 bridgehead atoms. The van der Waals surface area contributed by atoms with Crippen molar-refractivity contribution in [1.29, 1.82) is 0 Å². The lowest BCUT2D eigenvalue weighted by Crippen LogP contribution is -2.10. The van der Waals surface area contributed by atoms with Crippen molar-refractivity contribution in [3.8, 4) is 11.6 Å². The van der Waals surface area contributed by atoms with Gasteiger partial charge in [-0.25, -0.2) is 9.37 Å². The molecule has 1 amide bonds. The molecule has 0 aliphatic rings. The van der Waals surface area contributed by atoms with Crippen molar-refractivity contribution in [2.75, 3.05) is 5.32 Å². The Hall–Kier alpha value is -2.73.